The average molecular weight is 264 g/mol. The molecule has 0 aromatic heterocycles. The van der Waals surface area contributed by atoms with Gasteiger partial charge in [-0.15, -0.1) is 0 Å². The molecule has 0 fully saturated rings. The minimum atomic E-state index is -6.00. The summed E-state index contributed by atoms with van der Waals surface area (Å²) in [6.45, 7) is 0. The highest BCUT2D eigenvalue weighted by molar-refractivity contribution is 6.50. The van der Waals surface area contributed by atoms with Crippen LogP contribution in [0.5, 0.6) is 0 Å². The third-order valence-corrected chi connectivity index (χ3v) is 1.71. The van der Waals surface area contributed by atoms with Crippen molar-refractivity contribution in [3.05, 3.63) is 34.8 Å². The van der Waals surface area contributed by atoms with Gasteiger partial charge in [-0.2, -0.15) is 0 Å². The van der Waals surface area contributed by atoms with Crippen LogP contribution in [0.3, 0.4) is 0 Å². The molecule has 0 aliphatic heterocycles. The van der Waals surface area contributed by atoms with Gasteiger partial charge < -0.3 is 22.4 Å². The first-order valence-electron chi connectivity index (χ1n) is 4.76. The molecule has 0 saturated heterocycles. The second-order valence-corrected chi connectivity index (χ2v) is 3.12. The second-order valence-electron chi connectivity index (χ2n) is 3.12. The fraction of sp³-hybridized carbons (Fsp3) is 0.222. The van der Waals surface area contributed by atoms with Crippen molar-refractivity contribution in [2.24, 2.45) is 0 Å². The molecule has 0 atom stereocenters. The highest BCUT2D eigenvalue weighted by atomic mass is 19.5. The molecule has 1 rings (SSSR count). The third kappa shape index (κ3) is 9.14. The molecule has 0 bridgehead atoms. The van der Waals surface area contributed by atoms with Gasteiger partial charge in [0.15, 0.2) is 4.98 Å². The van der Waals surface area contributed by atoms with Crippen molar-refractivity contribution in [2.45, 2.75) is 12.8 Å². The fourth-order valence-electron chi connectivity index (χ4n) is 1.06. The number of carboxylic acids is 1. The summed E-state index contributed by atoms with van der Waals surface area (Å²) in [6.07, 6.45) is 0.433. The summed E-state index contributed by atoms with van der Waals surface area (Å²) in [5, 5.41) is 17.0. The number of benzene rings is 1. The first kappa shape index (κ1) is 15.9. The van der Waals surface area contributed by atoms with Gasteiger partial charge >= 0.3 is 18.9 Å². The zero-order valence-corrected chi connectivity index (χ0v) is 9.06. The van der Waals surface area contributed by atoms with Crippen LogP contribution < -0.4 is 0 Å². The van der Waals surface area contributed by atoms with E-state index in [2.05, 4.69) is 4.98 Å². The standard InChI is InChI=1S/C9H8N2O2.BF4/c10-11-8-4-2-1-3-7(8)5-6-9(12)13;2-1(3,4)5/h1-4H,5-6H2;/q;-1/p+1. The molecule has 18 heavy (non-hydrogen) atoms. The van der Waals surface area contributed by atoms with Crippen LogP contribution in [0.4, 0.5) is 23.0 Å². The van der Waals surface area contributed by atoms with Crippen LogP contribution in [-0.4, -0.2) is 18.3 Å². The lowest BCUT2D eigenvalue weighted by molar-refractivity contribution is -0.136. The van der Waals surface area contributed by atoms with Crippen molar-refractivity contribution < 1.29 is 27.2 Å². The van der Waals surface area contributed by atoms with Crippen molar-refractivity contribution in [2.75, 3.05) is 0 Å². The molecule has 0 radical (unpaired) electrons. The molecule has 0 spiro atoms. The van der Waals surface area contributed by atoms with Gasteiger partial charge in [0.05, 0.1) is 0 Å². The van der Waals surface area contributed by atoms with E-state index >= 15 is 0 Å². The summed E-state index contributed by atoms with van der Waals surface area (Å²) in [5.74, 6) is -0.854. The summed E-state index contributed by atoms with van der Waals surface area (Å²) in [4.78, 5) is 13.3. The third-order valence-electron chi connectivity index (χ3n) is 1.71. The van der Waals surface area contributed by atoms with Crippen molar-refractivity contribution in [3.8, 4) is 0 Å². The second kappa shape index (κ2) is 7.27. The zero-order valence-electron chi connectivity index (χ0n) is 9.06. The van der Waals surface area contributed by atoms with Gasteiger partial charge in [-0.3, -0.25) is 4.79 Å². The molecule has 0 saturated carbocycles. The van der Waals surface area contributed by atoms with E-state index in [1.54, 1.807) is 24.3 Å². The highest BCUT2D eigenvalue weighted by Gasteiger charge is 2.20. The van der Waals surface area contributed by atoms with E-state index in [9.17, 15) is 22.1 Å². The number of nitrogens with zero attached hydrogens (tertiary/aromatic N) is 2. The van der Waals surface area contributed by atoms with E-state index in [-0.39, 0.29) is 6.42 Å². The number of carbonyl (C=O) groups is 1. The van der Waals surface area contributed by atoms with E-state index in [1.807, 2.05) is 0 Å². The Balaban J connectivity index is 0.000000494. The normalized spacial score (nSPS) is 9.94. The molecule has 1 N–H and O–H groups in total. The van der Waals surface area contributed by atoms with Gasteiger partial charge in [0.1, 0.15) is 0 Å². The summed E-state index contributed by atoms with van der Waals surface area (Å²) >= 11 is 0. The Morgan fingerprint density at radius 2 is 1.78 bits per heavy atom. The Morgan fingerprint density at radius 1 is 1.28 bits per heavy atom. The Labute approximate surface area is 100.0 Å². The van der Waals surface area contributed by atoms with Crippen LogP contribution in [0, 0.1) is 5.39 Å². The number of halogens is 4. The van der Waals surface area contributed by atoms with Crippen molar-refractivity contribution in [1.29, 1.82) is 5.39 Å². The van der Waals surface area contributed by atoms with Crippen LogP contribution in [0.2, 0.25) is 0 Å². The van der Waals surface area contributed by atoms with Gasteiger partial charge in [0.25, 0.3) is 0 Å². The number of aliphatic carboxylic acids is 1. The molecule has 0 heterocycles. The minimum absolute atomic E-state index is 0.0481. The number of diazo groups is 1. The Kier molecular flexibility index (Phi) is 6.42. The fourth-order valence-corrected chi connectivity index (χ4v) is 1.06. The maximum atomic E-state index is 10.3. The average Bonchev–Trinajstić information content (AvgIpc) is 2.24. The molecular formula is C9H9BF4N2O2. The lowest BCUT2D eigenvalue weighted by Gasteiger charge is -1.94. The maximum absolute atomic E-state index is 10.3. The van der Waals surface area contributed by atoms with Crippen molar-refractivity contribution >= 4 is 18.9 Å². The van der Waals surface area contributed by atoms with E-state index in [0.717, 1.165) is 5.56 Å². The monoisotopic (exact) mass is 264 g/mol. The molecule has 0 amide bonds. The van der Waals surface area contributed by atoms with Crippen LogP contribution in [-0.2, 0) is 11.2 Å². The molecule has 1 aromatic carbocycles. The minimum Gasteiger partial charge on any atom is -0.481 e. The van der Waals surface area contributed by atoms with Crippen LogP contribution in [0.1, 0.15) is 12.0 Å². The quantitative estimate of drug-likeness (QED) is 0.516. The van der Waals surface area contributed by atoms with Crippen LogP contribution in [0.25, 0.3) is 4.98 Å². The topological polar surface area (TPSA) is 65.5 Å². The molecule has 4 nitrogen and oxygen atoms in total. The predicted octanol–water partition coefficient (Wildman–Crippen LogP) is 3.49. The first-order chi connectivity index (χ1) is 8.24. The van der Waals surface area contributed by atoms with Crippen LogP contribution >= 0.6 is 0 Å². The molecule has 98 valence electrons. The first-order valence-corrected chi connectivity index (χ1v) is 4.76. The molecule has 0 aliphatic rings. The number of aryl methyl sites for hydroxylation is 1. The smallest absolute Gasteiger partial charge is 0.481 e. The maximum Gasteiger partial charge on any atom is 0.673 e. The summed E-state index contributed by atoms with van der Waals surface area (Å²) < 4.78 is 39.0. The lowest BCUT2D eigenvalue weighted by Crippen LogP contribution is -2.02. The zero-order chi connectivity index (χ0) is 14.2. The number of rotatable bonds is 3. The number of carboxylic acid groups (broad SMARTS) is 1. The van der Waals surface area contributed by atoms with E-state index in [4.69, 9.17) is 10.5 Å². The number of hydrogen-bond donors (Lipinski definition) is 1. The largest absolute Gasteiger partial charge is 0.673 e. The molecule has 0 aliphatic carbocycles. The van der Waals surface area contributed by atoms with Gasteiger partial charge in [0, 0.05) is 18.1 Å². The van der Waals surface area contributed by atoms with E-state index in [1.165, 1.54) is 0 Å². The number of hydrogen-bond acceptors (Lipinski definition) is 2. The SMILES string of the molecule is F[B-](F)(F)F.N#[N+]c1ccccc1CCC(=O)O. The van der Waals surface area contributed by atoms with Gasteiger partial charge in [-0.25, -0.2) is 0 Å². The van der Waals surface area contributed by atoms with Gasteiger partial charge in [0.2, 0.25) is 5.39 Å². The molecule has 0 unspecified atom stereocenters. The lowest BCUT2D eigenvalue weighted by atomic mass is 10.1. The Morgan fingerprint density at radius 3 is 2.22 bits per heavy atom. The van der Waals surface area contributed by atoms with E-state index < -0.39 is 13.2 Å². The van der Waals surface area contributed by atoms with Crippen molar-refractivity contribution in [3.63, 3.8) is 0 Å². The molecular weight excluding hydrogens is 255 g/mol. The molecule has 9 heteroatoms. The summed E-state index contributed by atoms with van der Waals surface area (Å²) in [6, 6.07) is 6.90. The van der Waals surface area contributed by atoms with Gasteiger partial charge in [-0.1, -0.05) is 18.2 Å². The Bertz CT molecular complexity index is 439. The van der Waals surface area contributed by atoms with Gasteiger partial charge in [-0.05, 0) is 6.42 Å². The predicted molar refractivity (Wildman–Crippen MR) is 57.3 cm³/mol. The highest BCUT2D eigenvalue weighted by Crippen LogP contribution is 2.19. The summed E-state index contributed by atoms with van der Waals surface area (Å²) in [7, 11) is -6.00. The van der Waals surface area contributed by atoms with Crippen LogP contribution in [0.15, 0.2) is 24.3 Å². The summed E-state index contributed by atoms with van der Waals surface area (Å²) in [5.41, 5.74) is 1.18. The van der Waals surface area contributed by atoms with E-state index in [0.29, 0.717) is 12.1 Å². The Hall–Kier alpha value is -2.11. The molecule has 1 aromatic rings. The van der Waals surface area contributed by atoms with Crippen molar-refractivity contribution in [1.82, 2.24) is 0 Å².